The Kier molecular flexibility index (Phi) is 4.08. The number of rotatable bonds is 2. The summed E-state index contributed by atoms with van der Waals surface area (Å²) in [6.45, 7) is 4.43. The molecule has 2 heterocycles. The second-order valence-electron chi connectivity index (χ2n) is 5.15. The Morgan fingerprint density at radius 2 is 2.16 bits per heavy atom. The third kappa shape index (κ3) is 2.45. The summed E-state index contributed by atoms with van der Waals surface area (Å²) in [6, 6.07) is -0.459. The summed E-state index contributed by atoms with van der Waals surface area (Å²) in [7, 11) is 0. The molecular formula is C13H17BrN2O3. The fraction of sp³-hybridized carbons (Fsp3) is 0.615. The van der Waals surface area contributed by atoms with Crippen LogP contribution in [0.2, 0.25) is 0 Å². The maximum absolute atomic E-state index is 12.4. The third-order valence-electron chi connectivity index (χ3n) is 3.33. The number of hydrogen-bond donors (Lipinski definition) is 0. The average Bonchev–Trinajstić information content (AvgIpc) is 2.84. The summed E-state index contributed by atoms with van der Waals surface area (Å²) in [6.07, 6.45) is 3.15. The van der Waals surface area contributed by atoms with E-state index in [9.17, 15) is 14.4 Å². The number of nitrogens with zero attached hydrogens (tertiary/aromatic N) is 2. The fourth-order valence-corrected chi connectivity index (χ4v) is 2.81. The number of piperazine rings is 1. The topological polar surface area (TPSA) is 57.7 Å². The molecule has 2 saturated heterocycles. The Bertz CT molecular complexity index is 459. The highest BCUT2D eigenvalue weighted by molar-refractivity contribution is 9.09. The molecule has 2 rings (SSSR count). The molecule has 0 bridgehead atoms. The number of allylic oxidation sites excluding steroid dienone is 1. The lowest BCUT2D eigenvalue weighted by Crippen LogP contribution is -2.57. The van der Waals surface area contributed by atoms with Crippen LogP contribution in [0.1, 0.15) is 26.7 Å². The first-order valence-corrected chi connectivity index (χ1v) is 7.55. The molecule has 0 radical (unpaired) electrons. The van der Waals surface area contributed by atoms with Gasteiger partial charge in [0.2, 0.25) is 5.91 Å². The van der Waals surface area contributed by atoms with Gasteiger partial charge in [-0.15, -0.1) is 0 Å². The third-order valence-corrected chi connectivity index (χ3v) is 3.81. The number of halogens is 1. The summed E-state index contributed by atoms with van der Waals surface area (Å²) in [5.41, 5.74) is 0.211. The van der Waals surface area contributed by atoms with E-state index >= 15 is 0 Å². The van der Waals surface area contributed by atoms with Crippen molar-refractivity contribution < 1.29 is 14.4 Å². The Hall–Kier alpha value is -1.17. The zero-order valence-corrected chi connectivity index (χ0v) is 12.6. The molecule has 2 aliphatic rings. The fourth-order valence-electron chi connectivity index (χ4n) is 2.56. The molecule has 6 heteroatoms. The van der Waals surface area contributed by atoms with E-state index in [1.807, 2.05) is 13.8 Å². The molecule has 2 fully saturated rings. The van der Waals surface area contributed by atoms with E-state index in [2.05, 4.69) is 15.9 Å². The van der Waals surface area contributed by atoms with Gasteiger partial charge in [0.05, 0.1) is 5.33 Å². The predicted molar refractivity (Wildman–Crippen MR) is 73.3 cm³/mol. The van der Waals surface area contributed by atoms with Gasteiger partial charge in [-0.3, -0.25) is 14.4 Å². The van der Waals surface area contributed by atoms with Crippen molar-refractivity contribution in [2.24, 2.45) is 5.92 Å². The van der Waals surface area contributed by atoms with Crippen LogP contribution in [0.4, 0.5) is 0 Å². The van der Waals surface area contributed by atoms with Gasteiger partial charge < -0.3 is 4.90 Å². The summed E-state index contributed by atoms with van der Waals surface area (Å²) >= 11 is 3.07. The highest BCUT2D eigenvalue weighted by atomic mass is 79.9. The number of alkyl halides is 1. The predicted octanol–water partition coefficient (Wildman–Crippen LogP) is 1.28. The normalized spacial score (nSPS) is 25.5. The molecule has 3 amide bonds. The van der Waals surface area contributed by atoms with Gasteiger partial charge in [0, 0.05) is 6.54 Å². The first-order valence-electron chi connectivity index (χ1n) is 6.43. The Morgan fingerprint density at radius 3 is 2.74 bits per heavy atom. The van der Waals surface area contributed by atoms with Crippen molar-refractivity contribution in [3.63, 3.8) is 0 Å². The van der Waals surface area contributed by atoms with Crippen molar-refractivity contribution in [2.45, 2.75) is 32.7 Å². The van der Waals surface area contributed by atoms with E-state index in [0.717, 1.165) is 11.3 Å². The van der Waals surface area contributed by atoms with E-state index in [0.29, 0.717) is 13.0 Å². The van der Waals surface area contributed by atoms with Crippen LogP contribution in [0.15, 0.2) is 11.8 Å². The van der Waals surface area contributed by atoms with E-state index in [1.165, 1.54) is 0 Å². The summed E-state index contributed by atoms with van der Waals surface area (Å²) in [5.74, 6) is -0.758. The zero-order chi connectivity index (χ0) is 14.2. The van der Waals surface area contributed by atoms with Crippen LogP contribution in [0, 0.1) is 5.92 Å². The number of amides is 3. The molecule has 0 aromatic heterocycles. The molecule has 0 aromatic carbocycles. The summed E-state index contributed by atoms with van der Waals surface area (Å²) in [4.78, 5) is 39.4. The molecule has 0 unspecified atom stereocenters. The molecule has 0 N–H and O–H groups in total. The van der Waals surface area contributed by atoms with Crippen molar-refractivity contribution in [1.82, 2.24) is 9.80 Å². The van der Waals surface area contributed by atoms with Crippen molar-refractivity contribution in [3.8, 4) is 0 Å². The number of fused-ring (bicyclic) bond motifs is 1. The SMILES string of the molecule is CC(C)/C=C1\C(=O)N2CCC[C@H]2C(=O)N1C(=O)CBr. The first kappa shape index (κ1) is 14.2. The van der Waals surface area contributed by atoms with Crippen molar-refractivity contribution in [1.29, 1.82) is 0 Å². The second kappa shape index (κ2) is 5.45. The molecule has 0 spiro atoms. The summed E-state index contributed by atoms with van der Waals surface area (Å²) < 4.78 is 0. The van der Waals surface area contributed by atoms with Gasteiger partial charge in [0.25, 0.3) is 11.8 Å². The molecule has 0 saturated carbocycles. The molecule has 2 aliphatic heterocycles. The van der Waals surface area contributed by atoms with Crippen molar-refractivity contribution in [2.75, 3.05) is 11.9 Å². The second-order valence-corrected chi connectivity index (χ2v) is 5.71. The van der Waals surface area contributed by atoms with Crippen molar-refractivity contribution >= 4 is 33.7 Å². The van der Waals surface area contributed by atoms with Crippen LogP contribution < -0.4 is 0 Å². The molecule has 5 nitrogen and oxygen atoms in total. The van der Waals surface area contributed by atoms with Crippen molar-refractivity contribution in [3.05, 3.63) is 11.8 Å². The van der Waals surface area contributed by atoms with Gasteiger partial charge in [-0.25, -0.2) is 4.90 Å². The van der Waals surface area contributed by atoms with Crippen LogP contribution in [-0.2, 0) is 14.4 Å². The maximum atomic E-state index is 12.4. The number of carbonyl (C=O) groups is 3. The van der Waals surface area contributed by atoms with Crippen LogP contribution >= 0.6 is 15.9 Å². The monoisotopic (exact) mass is 328 g/mol. The largest absolute Gasteiger partial charge is 0.325 e. The quantitative estimate of drug-likeness (QED) is 0.566. The van der Waals surface area contributed by atoms with Gasteiger partial charge >= 0.3 is 0 Å². The highest BCUT2D eigenvalue weighted by Crippen LogP contribution is 2.29. The van der Waals surface area contributed by atoms with E-state index < -0.39 is 6.04 Å². The minimum absolute atomic E-state index is 0.0359. The van der Waals surface area contributed by atoms with Gasteiger partial charge in [0.1, 0.15) is 11.7 Å². The Labute approximate surface area is 120 Å². The number of carbonyl (C=O) groups excluding carboxylic acids is 3. The minimum atomic E-state index is -0.459. The van der Waals surface area contributed by atoms with Gasteiger partial charge in [-0.05, 0) is 18.8 Å². The molecule has 104 valence electrons. The van der Waals surface area contributed by atoms with Gasteiger partial charge in [-0.2, -0.15) is 0 Å². The first-order chi connectivity index (χ1) is 8.97. The molecule has 0 aliphatic carbocycles. The Balaban J connectivity index is 2.44. The van der Waals surface area contributed by atoms with Crippen LogP contribution in [0.3, 0.4) is 0 Å². The number of imide groups is 1. The van der Waals surface area contributed by atoms with E-state index in [1.54, 1.807) is 11.0 Å². The highest BCUT2D eigenvalue weighted by Gasteiger charge is 2.46. The smallest absolute Gasteiger partial charge is 0.271 e. The van der Waals surface area contributed by atoms with E-state index in [4.69, 9.17) is 0 Å². The van der Waals surface area contributed by atoms with Gasteiger partial charge in [0.15, 0.2) is 0 Å². The molecule has 0 aromatic rings. The van der Waals surface area contributed by atoms with Crippen LogP contribution in [0.25, 0.3) is 0 Å². The lowest BCUT2D eigenvalue weighted by molar-refractivity contribution is -0.154. The van der Waals surface area contributed by atoms with E-state index in [-0.39, 0.29) is 34.7 Å². The van der Waals surface area contributed by atoms with Crippen LogP contribution in [0.5, 0.6) is 0 Å². The standard InChI is InChI=1S/C13H17BrN2O3/c1-8(2)6-10-12(18)15-5-3-4-9(15)13(19)16(10)11(17)7-14/h6,8-9H,3-5,7H2,1-2H3/b10-6+/t9-/m0/s1. The lowest BCUT2D eigenvalue weighted by Gasteiger charge is -2.37. The van der Waals surface area contributed by atoms with Gasteiger partial charge in [-0.1, -0.05) is 35.9 Å². The maximum Gasteiger partial charge on any atom is 0.271 e. The molecule has 1 atom stereocenters. The molecule has 19 heavy (non-hydrogen) atoms. The summed E-state index contributed by atoms with van der Waals surface area (Å²) in [5, 5.41) is 0.0359. The average molecular weight is 329 g/mol. The lowest BCUT2D eigenvalue weighted by atomic mass is 10.1. The zero-order valence-electron chi connectivity index (χ0n) is 11.1. The number of hydrogen-bond acceptors (Lipinski definition) is 3. The molecular weight excluding hydrogens is 312 g/mol. The van der Waals surface area contributed by atoms with Crippen LogP contribution in [-0.4, -0.2) is 45.4 Å². The minimum Gasteiger partial charge on any atom is -0.325 e. The Morgan fingerprint density at radius 1 is 1.47 bits per heavy atom.